The molecule has 0 bridgehead atoms. The van der Waals surface area contributed by atoms with Crippen LogP contribution >= 0.6 is 0 Å². The van der Waals surface area contributed by atoms with E-state index in [-0.39, 0.29) is 23.8 Å². The van der Waals surface area contributed by atoms with Crippen LogP contribution in [-0.2, 0) is 11.3 Å². The molecule has 0 saturated carbocycles. The zero-order valence-electron chi connectivity index (χ0n) is 16.5. The van der Waals surface area contributed by atoms with Crippen molar-refractivity contribution in [3.63, 3.8) is 0 Å². The molecule has 3 heterocycles. The van der Waals surface area contributed by atoms with E-state index in [1.165, 1.54) is 17.0 Å². The molecule has 3 aliphatic rings. The third-order valence-electron chi connectivity index (χ3n) is 6.59. The van der Waals surface area contributed by atoms with E-state index in [9.17, 15) is 14.0 Å². The molecule has 0 aromatic heterocycles. The summed E-state index contributed by atoms with van der Waals surface area (Å²) in [6.45, 7) is 7.24. The highest BCUT2D eigenvalue weighted by Gasteiger charge is 2.54. The number of amides is 3. The molecule has 1 aromatic rings. The highest BCUT2D eigenvalue weighted by atomic mass is 19.1. The second-order valence-electron chi connectivity index (χ2n) is 8.26. The van der Waals surface area contributed by atoms with Gasteiger partial charge in [0.15, 0.2) is 0 Å². The minimum Gasteiger partial charge on any atom is -0.323 e. The van der Waals surface area contributed by atoms with Gasteiger partial charge in [-0.2, -0.15) is 0 Å². The summed E-state index contributed by atoms with van der Waals surface area (Å²) in [6.07, 6.45) is 2.98. The first kappa shape index (κ1) is 19.3. The molecule has 28 heavy (non-hydrogen) atoms. The Morgan fingerprint density at radius 1 is 1.04 bits per heavy atom. The number of nitrogens with zero attached hydrogens (tertiary/aromatic N) is 3. The lowest BCUT2D eigenvalue weighted by molar-refractivity contribution is -0.135. The zero-order chi connectivity index (χ0) is 19.7. The molecule has 7 heteroatoms. The Balaban J connectivity index is 1.35. The highest BCUT2D eigenvalue weighted by Crippen LogP contribution is 2.32. The number of imide groups is 1. The molecule has 0 atom stereocenters. The van der Waals surface area contributed by atoms with Crippen LogP contribution in [0.15, 0.2) is 24.3 Å². The van der Waals surface area contributed by atoms with Gasteiger partial charge in [0, 0.05) is 38.8 Å². The number of carbonyl (C=O) groups is 2. The van der Waals surface area contributed by atoms with Gasteiger partial charge in [0.05, 0.1) is 0 Å². The van der Waals surface area contributed by atoms with Gasteiger partial charge >= 0.3 is 6.03 Å². The summed E-state index contributed by atoms with van der Waals surface area (Å²) in [5, 5.41) is 3.03. The number of urea groups is 1. The largest absolute Gasteiger partial charge is 0.325 e. The minimum atomic E-state index is -0.687. The Labute approximate surface area is 165 Å². The van der Waals surface area contributed by atoms with Crippen LogP contribution in [0.2, 0.25) is 0 Å². The smallest absolute Gasteiger partial charge is 0.323 e. The predicted molar refractivity (Wildman–Crippen MR) is 104 cm³/mol. The SMILES string of the molecule is CCN1CCC2(CC1)NC(=O)N(C1CCN(Cc3ccc(F)cc3)CC1)C2=O. The second-order valence-corrected chi connectivity index (χ2v) is 8.26. The van der Waals surface area contributed by atoms with Crippen LogP contribution in [0.1, 0.15) is 38.2 Å². The molecule has 3 saturated heterocycles. The lowest BCUT2D eigenvalue weighted by Gasteiger charge is -2.38. The fraction of sp³-hybridized carbons (Fsp3) is 0.619. The Kier molecular flexibility index (Phi) is 5.38. The van der Waals surface area contributed by atoms with Crippen molar-refractivity contribution in [1.29, 1.82) is 0 Å². The standard InChI is InChI=1S/C21H29FN4O2/c1-2-24-13-9-21(10-14-24)19(27)26(20(28)23-21)18-7-11-25(12-8-18)15-16-3-5-17(22)6-4-16/h3-6,18H,2,7-15H2,1H3,(H,23,28). The maximum absolute atomic E-state index is 13.2. The van der Waals surface area contributed by atoms with Gasteiger partial charge < -0.3 is 10.2 Å². The molecule has 0 aliphatic carbocycles. The molecule has 3 aliphatic heterocycles. The summed E-state index contributed by atoms with van der Waals surface area (Å²) >= 11 is 0. The minimum absolute atomic E-state index is 0.0229. The van der Waals surface area contributed by atoms with Crippen molar-refractivity contribution < 1.29 is 14.0 Å². The van der Waals surface area contributed by atoms with E-state index in [0.717, 1.165) is 57.7 Å². The van der Waals surface area contributed by atoms with Crippen molar-refractivity contribution in [3.8, 4) is 0 Å². The normalized spacial score (nSPS) is 24.1. The fourth-order valence-corrected chi connectivity index (χ4v) is 4.75. The number of halogens is 1. The summed E-state index contributed by atoms with van der Waals surface area (Å²) in [6, 6.07) is 6.35. The molecule has 6 nitrogen and oxygen atoms in total. The second kappa shape index (κ2) is 7.79. The zero-order valence-corrected chi connectivity index (χ0v) is 16.5. The number of piperidine rings is 2. The number of hydrogen-bond acceptors (Lipinski definition) is 4. The van der Waals surface area contributed by atoms with Crippen molar-refractivity contribution in [2.75, 3.05) is 32.7 Å². The van der Waals surface area contributed by atoms with E-state index in [0.29, 0.717) is 12.8 Å². The van der Waals surface area contributed by atoms with Gasteiger partial charge in [0.1, 0.15) is 11.4 Å². The maximum atomic E-state index is 13.2. The van der Waals surface area contributed by atoms with Crippen molar-refractivity contribution in [1.82, 2.24) is 20.0 Å². The van der Waals surface area contributed by atoms with Crippen LogP contribution in [0.25, 0.3) is 0 Å². The molecule has 0 unspecified atom stereocenters. The number of hydrogen-bond donors (Lipinski definition) is 1. The Morgan fingerprint density at radius 2 is 1.68 bits per heavy atom. The average Bonchev–Trinajstić information content (AvgIpc) is 2.95. The highest BCUT2D eigenvalue weighted by molar-refractivity contribution is 6.07. The number of nitrogens with one attached hydrogen (secondary N) is 1. The van der Waals surface area contributed by atoms with Crippen LogP contribution in [0, 0.1) is 5.82 Å². The Bertz CT molecular complexity index is 722. The van der Waals surface area contributed by atoms with Gasteiger partial charge in [-0.25, -0.2) is 9.18 Å². The van der Waals surface area contributed by atoms with Crippen LogP contribution in [0.3, 0.4) is 0 Å². The fourth-order valence-electron chi connectivity index (χ4n) is 4.75. The molecule has 4 rings (SSSR count). The molecular weight excluding hydrogens is 359 g/mol. The van der Waals surface area contributed by atoms with E-state index in [1.54, 1.807) is 0 Å². The van der Waals surface area contributed by atoms with Crippen molar-refractivity contribution in [2.24, 2.45) is 0 Å². The van der Waals surface area contributed by atoms with Crippen LogP contribution in [0.5, 0.6) is 0 Å². The molecule has 1 N–H and O–H groups in total. The third-order valence-corrected chi connectivity index (χ3v) is 6.59. The third kappa shape index (κ3) is 3.65. The molecule has 3 amide bonds. The van der Waals surface area contributed by atoms with Crippen LogP contribution < -0.4 is 5.32 Å². The lowest BCUT2D eigenvalue weighted by atomic mass is 9.87. The summed E-state index contributed by atoms with van der Waals surface area (Å²) in [4.78, 5) is 31.9. The molecular formula is C21H29FN4O2. The first-order chi connectivity index (χ1) is 13.5. The van der Waals surface area contributed by atoms with E-state index >= 15 is 0 Å². The maximum Gasteiger partial charge on any atom is 0.325 e. The summed E-state index contributed by atoms with van der Waals surface area (Å²) in [7, 11) is 0. The van der Waals surface area contributed by atoms with Gasteiger partial charge in [0.2, 0.25) is 0 Å². The molecule has 1 aromatic carbocycles. The summed E-state index contributed by atoms with van der Waals surface area (Å²) in [5.41, 5.74) is 0.394. The quantitative estimate of drug-likeness (QED) is 0.804. The molecule has 152 valence electrons. The first-order valence-electron chi connectivity index (χ1n) is 10.4. The van der Waals surface area contributed by atoms with E-state index in [2.05, 4.69) is 22.0 Å². The molecule has 3 fully saturated rings. The monoisotopic (exact) mass is 388 g/mol. The average molecular weight is 388 g/mol. The van der Waals surface area contributed by atoms with E-state index in [4.69, 9.17) is 0 Å². The molecule has 0 radical (unpaired) electrons. The number of carbonyl (C=O) groups excluding carboxylic acids is 2. The summed E-state index contributed by atoms with van der Waals surface area (Å²) in [5.74, 6) is -0.245. The van der Waals surface area contributed by atoms with Crippen molar-refractivity contribution in [2.45, 2.75) is 50.7 Å². The first-order valence-corrected chi connectivity index (χ1v) is 10.4. The topological polar surface area (TPSA) is 55.9 Å². The van der Waals surface area contributed by atoms with Crippen LogP contribution in [-0.4, -0.2) is 70.9 Å². The number of likely N-dealkylation sites (tertiary alicyclic amines) is 2. The summed E-state index contributed by atoms with van der Waals surface area (Å²) < 4.78 is 13.1. The Hall–Kier alpha value is -1.99. The van der Waals surface area contributed by atoms with Gasteiger partial charge in [-0.15, -0.1) is 0 Å². The number of rotatable bonds is 4. The van der Waals surface area contributed by atoms with Gasteiger partial charge in [-0.3, -0.25) is 14.6 Å². The van der Waals surface area contributed by atoms with Crippen LogP contribution in [0.4, 0.5) is 9.18 Å². The van der Waals surface area contributed by atoms with Crippen molar-refractivity contribution in [3.05, 3.63) is 35.6 Å². The van der Waals surface area contributed by atoms with Gasteiger partial charge in [-0.1, -0.05) is 19.1 Å². The number of benzene rings is 1. The molecule has 1 spiro atoms. The van der Waals surface area contributed by atoms with Gasteiger partial charge in [-0.05, 0) is 49.9 Å². The Morgan fingerprint density at radius 3 is 2.29 bits per heavy atom. The van der Waals surface area contributed by atoms with Gasteiger partial charge in [0.25, 0.3) is 5.91 Å². The van der Waals surface area contributed by atoms with E-state index in [1.807, 2.05) is 12.1 Å². The van der Waals surface area contributed by atoms with Crippen molar-refractivity contribution >= 4 is 11.9 Å². The predicted octanol–water partition coefficient (Wildman–Crippen LogP) is 2.20. The van der Waals surface area contributed by atoms with E-state index < -0.39 is 5.54 Å². The lowest BCUT2D eigenvalue weighted by Crippen LogP contribution is -2.55.